The van der Waals surface area contributed by atoms with Gasteiger partial charge in [-0.25, -0.2) is 4.39 Å². The first-order valence-electron chi connectivity index (χ1n) is 5.08. The van der Waals surface area contributed by atoms with Crippen molar-refractivity contribution in [2.45, 2.75) is 6.04 Å². The van der Waals surface area contributed by atoms with Crippen molar-refractivity contribution >= 4 is 11.6 Å². The molecule has 6 nitrogen and oxygen atoms in total. The van der Waals surface area contributed by atoms with E-state index in [0.29, 0.717) is 12.1 Å². The lowest BCUT2D eigenvalue weighted by Gasteiger charge is -2.36. The van der Waals surface area contributed by atoms with Gasteiger partial charge < -0.3 is 10.6 Å². The summed E-state index contributed by atoms with van der Waals surface area (Å²) in [5.74, 6) is -3.15. The third-order valence-electron chi connectivity index (χ3n) is 2.64. The van der Waals surface area contributed by atoms with Gasteiger partial charge in [0.25, 0.3) is 5.91 Å². The van der Waals surface area contributed by atoms with Crippen LogP contribution in [0, 0.1) is 21.7 Å². The van der Waals surface area contributed by atoms with E-state index in [2.05, 4.69) is 0 Å². The molecule has 1 aliphatic heterocycles. The van der Waals surface area contributed by atoms with Crippen LogP contribution in [0.2, 0.25) is 0 Å². The lowest BCUT2D eigenvalue weighted by molar-refractivity contribution is -0.387. The fourth-order valence-corrected chi connectivity index (χ4v) is 1.71. The smallest absolute Gasteiger partial charge is 0.308 e. The molecule has 1 heterocycles. The van der Waals surface area contributed by atoms with Crippen LogP contribution in [0.1, 0.15) is 10.4 Å². The predicted octanol–water partition coefficient (Wildman–Crippen LogP) is 0.656. The van der Waals surface area contributed by atoms with Crippen LogP contribution in [-0.2, 0) is 0 Å². The number of carbonyl (C=O) groups excluding carboxylic acids is 1. The fraction of sp³-hybridized carbons (Fsp3) is 0.300. The van der Waals surface area contributed by atoms with Crippen molar-refractivity contribution in [1.82, 2.24) is 4.90 Å². The molecule has 0 unspecified atom stereocenters. The van der Waals surface area contributed by atoms with Crippen molar-refractivity contribution in [3.05, 3.63) is 39.4 Å². The number of nitro benzene ring substituents is 1. The molecule has 0 bridgehead atoms. The first kappa shape index (κ1) is 12.4. The molecule has 1 amide bonds. The highest BCUT2D eigenvalue weighted by Crippen LogP contribution is 2.24. The standard InChI is InChI=1S/C10H9F2N3O3/c11-5-1-7(9(12)8(2-5)15(17)18)10(16)14-3-6(13)4-14/h1-2,6H,3-4,13H2. The molecule has 1 saturated heterocycles. The first-order chi connectivity index (χ1) is 8.40. The minimum Gasteiger partial charge on any atom is -0.335 e. The zero-order valence-corrected chi connectivity index (χ0v) is 9.10. The first-order valence-corrected chi connectivity index (χ1v) is 5.08. The topological polar surface area (TPSA) is 89.5 Å². The third kappa shape index (κ3) is 2.02. The normalized spacial score (nSPS) is 15.4. The third-order valence-corrected chi connectivity index (χ3v) is 2.64. The Morgan fingerprint density at radius 3 is 2.56 bits per heavy atom. The molecule has 0 spiro atoms. The Balaban J connectivity index is 2.38. The van der Waals surface area contributed by atoms with E-state index < -0.39 is 33.7 Å². The zero-order valence-electron chi connectivity index (χ0n) is 9.10. The molecule has 0 aromatic heterocycles. The Hall–Kier alpha value is -2.09. The molecule has 96 valence electrons. The van der Waals surface area contributed by atoms with Crippen LogP contribution >= 0.6 is 0 Å². The Kier molecular flexibility index (Phi) is 2.95. The van der Waals surface area contributed by atoms with Crippen LogP contribution < -0.4 is 5.73 Å². The summed E-state index contributed by atoms with van der Waals surface area (Å²) in [5, 5.41) is 10.5. The molecule has 0 aliphatic carbocycles. The maximum atomic E-state index is 13.7. The van der Waals surface area contributed by atoms with Crippen molar-refractivity contribution in [2.75, 3.05) is 13.1 Å². The SMILES string of the molecule is NC1CN(C(=O)c2cc(F)cc([N+](=O)[O-])c2F)C1. The van der Waals surface area contributed by atoms with Gasteiger partial charge >= 0.3 is 5.69 Å². The Morgan fingerprint density at radius 2 is 2.06 bits per heavy atom. The van der Waals surface area contributed by atoms with Crippen LogP contribution in [-0.4, -0.2) is 34.9 Å². The van der Waals surface area contributed by atoms with Gasteiger partial charge in [-0.15, -0.1) is 0 Å². The average molecular weight is 257 g/mol. The number of nitrogens with zero attached hydrogens (tertiary/aromatic N) is 2. The lowest BCUT2D eigenvalue weighted by Crippen LogP contribution is -2.57. The highest BCUT2D eigenvalue weighted by Gasteiger charge is 2.32. The minimum absolute atomic E-state index is 0.194. The number of halogens is 2. The van der Waals surface area contributed by atoms with Crippen LogP contribution in [0.15, 0.2) is 12.1 Å². The van der Waals surface area contributed by atoms with Crippen molar-refractivity contribution in [1.29, 1.82) is 0 Å². The summed E-state index contributed by atoms with van der Waals surface area (Å²) < 4.78 is 26.8. The van der Waals surface area contributed by atoms with Crippen LogP contribution in [0.4, 0.5) is 14.5 Å². The largest absolute Gasteiger partial charge is 0.335 e. The molecule has 0 atom stereocenters. The molecule has 1 aromatic carbocycles. The second-order valence-electron chi connectivity index (χ2n) is 4.01. The van der Waals surface area contributed by atoms with Crippen LogP contribution in [0.25, 0.3) is 0 Å². The number of hydrogen-bond donors (Lipinski definition) is 1. The molecule has 1 aliphatic rings. The second kappa shape index (κ2) is 4.30. The number of nitrogens with two attached hydrogens (primary N) is 1. The summed E-state index contributed by atoms with van der Waals surface area (Å²) >= 11 is 0. The molecule has 1 fully saturated rings. The number of likely N-dealkylation sites (tertiary alicyclic amines) is 1. The minimum atomic E-state index is -1.33. The molecule has 18 heavy (non-hydrogen) atoms. The zero-order chi connectivity index (χ0) is 13.4. The van der Waals surface area contributed by atoms with E-state index in [1.807, 2.05) is 0 Å². The summed E-state index contributed by atoms with van der Waals surface area (Å²) in [6.07, 6.45) is 0. The number of nitro groups is 1. The monoisotopic (exact) mass is 257 g/mol. The van der Waals surface area contributed by atoms with Crippen molar-refractivity contribution in [3.63, 3.8) is 0 Å². The van der Waals surface area contributed by atoms with E-state index in [1.165, 1.54) is 4.90 Å². The van der Waals surface area contributed by atoms with Crippen molar-refractivity contribution in [2.24, 2.45) is 5.73 Å². The van der Waals surface area contributed by atoms with Gasteiger partial charge in [-0.1, -0.05) is 0 Å². The van der Waals surface area contributed by atoms with Crippen LogP contribution in [0.5, 0.6) is 0 Å². The lowest BCUT2D eigenvalue weighted by atomic mass is 10.1. The van der Waals surface area contributed by atoms with Gasteiger partial charge in [0, 0.05) is 19.1 Å². The molecular formula is C10H9F2N3O3. The van der Waals surface area contributed by atoms with E-state index in [-0.39, 0.29) is 19.1 Å². The Morgan fingerprint density at radius 1 is 1.44 bits per heavy atom. The summed E-state index contributed by atoms with van der Waals surface area (Å²) in [7, 11) is 0. The van der Waals surface area contributed by atoms with E-state index in [9.17, 15) is 23.7 Å². The van der Waals surface area contributed by atoms with Gasteiger partial charge in [0.1, 0.15) is 5.82 Å². The summed E-state index contributed by atoms with van der Waals surface area (Å²) in [6, 6.07) is 0.892. The molecule has 2 rings (SSSR count). The van der Waals surface area contributed by atoms with E-state index in [1.54, 1.807) is 0 Å². The van der Waals surface area contributed by atoms with Gasteiger partial charge in [-0.2, -0.15) is 4.39 Å². The number of benzene rings is 1. The second-order valence-corrected chi connectivity index (χ2v) is 4.01. The maximum absolute atomic E-state index is 13.7. The number of carbonyl (C=O) groups is 1. The van der Waals surface area contributed by atoms with E-state index in [0.717, 1.165) is 0 Å². The fourth-order valence-electron chi connectivity index (χ4n) is 1.71. The molecule has 0 radical (unpaired) electrons. The maximum Gasteiger partial charge on any atom is 0.308 e. The van der Waals surface area contributed by atoms with Gasteiger partial charge in [0.05, 0.1) is 16.6 Å². The molecule has 0 saturated carbocycles. The Labute approximate surface area is 100 Å². The highest BCUT2D eigenvalue weighted by molar-refractivity contribution is 5.95. The summed E-state index contributed by atoms with van der Waals surface area (Å²) in [4.78, 5) is 22.4. The number of rotatable bonds is 2. The van der Waals surface area contributed by atoms with Crippen molar-refractivity contribution in [3.8, 4) is 0 Å². The summed E-state index contributed by atoms with van der Waals surface area (Å²) in [6.45, 7) is 0.450. The number of hydrogen-bond acceptors (Lipinski definition) is 4. The predicted molar refractivity (Wildman–Crippen MR) is 56.9 cm³/mol. The van der Waals surface area contributed by atoms with Gasteiger partial charge in [-0.05, 0) is 6.07 Å². The molecule has 1 aromatic rings. The Bertz CT molecular complexity index is 529. The summed E-state index contributed by atoms with van der Waals surface area (Å²) in [5.41, 5.74) is 3.76. The molecule has 8 heteroatoms. The van der Waals surface area contributed by atoms with E-state index in [4.69, 9.17) is 5.73 Å². The van der Waals surface area contributed by atoms with Crippen molar-refractivity contribution < 1.29 is 18.5 Å². The quantitative estimate of drug-likeness (QED) is 0.622. The van der Waals surface area contributed by atoms with Crippen LogP contribution in [0.3, 0.4) is 0 Å². The van der Waals surface area contributed by atoms with E-state index >= 15 is 0 Å². The highest BCUT2D eigenvalue weighted by atomic mass is 19.1. The van der Waals surface area contributed by atoms with Gasteiger partial charge in [0.2, 0.25) is 5.82 Å². The molecule has 2 N–H and O–H groups in total. The number of amides is 1. The molecular weight excluding hydrogens is 248 g/mol. The average Bonchev–Trinajstić information content (AvgIpc) is 2.26. The van der Waals surface area contributed by atoms with Gasteiger partial charge in [0.15, 0.2) is 0 Å². The van der Waals surface area contributed by atoms with Gasteiger partial charge in [-0.3, -0.25) is 14.9 Å².